The summed E-state index contributed by atoms with van der Waals surface area (Å²) in [4.78, 5) is 34.6. The summed E-state index contributed by atoms with van der Waals surface area (Å²) in [5.74, 6) is -2.79. The van der Waals surface area contributed by atoms with E-state index in [-0.39, 0.29) is 11.4 Å². The van der Waals surface area contributed by atoms with Crippen LogP contribution in [0.5, 0.6) is 0 Å². The van der Waals surface area contributed by atoms with Crippen molar-refractivity contribution in [3.8, 4) is 0 Å². The molecule has 0 unspecified atom stereocenters. The first-order chi connectivity index (χ1) is 9.78. The quantitative estimate of drug-likeness (QED) is 0.397. The van der Waals surface area contributed by atoms with E-state index in [1.807, 2.05) is 0 Å². The molecule has 1 N–H and O–H groups in total. The van der Waals surface area contributed by atoms with Crippen molar-refractivity contribution in [2.24, 2.45) is 0 Å². The molecule has 1 aromatic carbocycles. The van der Waals surface area contributed by atoms with Crippen LogP contribution < -0.4 is 5.32 Å². The molecule has 6 heteroatoms. The van der Waals surface area contributed by atoms with Crippen LogP contribution >= 0.6 is 0 Å². The van der Waals surface area contributed by atoms with Crippen molar-refractivity contribution in [1.29, 1.82) is 0 Å². The number of carbonyl (C=O) groups excluding carboxylic acids is 3. The number of esters is 2. The van der Waals surface area contributed by atoms with Crippen molar-refractivity contribution in [2.75, 3.05) is 5.32 Å². The van der Waals surface area contributed by atoms with Crippen LogP contribution in [0.4, 0.5) is 5.69 Å². The second-order valence-corrected chi connectivity index (χ2v) is 5.01. The lowest BCUT2D eigenvalue weighted by molar-refractivity contribution is -0.222. The minimum absolute atomic E-state index is 0.0402. The van der Waals surface area contributed by atoms with Crippen LogP contribution in [0.2, 0.25) is 0 Å². The molecular formula is C15H15NO5. The van der Waals surface area contributed by atoms with Crippen molar-refractivity contribution in [3.05, 3.63) is 41.6 Å². The van der Waals surface area contributed by atoms with Gasteiger partial charge in [0.2, 0.25) is 0 Å². The molecule has 0 spiro atoms. The molecule has 0 bridgehead atoms. The maximum absolute atomic E-state index is 11.7. The summed E-state index contributed by atoms with van der Waals surface area (Å²) in [5, 5.41) is 2.79. The standard InChI is InChI=1S/C15H15NO5/c1-9(17)10-4-6-11(7-5-10)16-8-12-13(18)20-15(2,3)21-14(12)19/h4-8,16H,1-3H3. The van der Waals surface area contributed by atoms with Crippen LogP contribution in [-0.4, -0.2) is 23.5 Å². The van der Waals surface area contributed by atoms with Gasteiger partial charge in [-0.05, 0) is 31.2 Å². The number of ketones is 1. The molecular weight excluding hydrogens is 274 g/mol. The van der Waals surface area contributed by atoms with E-state index in [9.17, 15) is 14.4 Å². The number of rotatable bonds is 3. The molecule has 0 radical (unpaired) electrons. The molecule has 0 atom stereocenters. The molecule has 1 saturated heterocycles. The normalized spacial score (nSPS) is 16.8. The van der Waals surface area contributed by atoms with Gasteiger partial charge in [-0.3, -0.25) is 4.79 Å². The van der Waals surface area contributed by atoms with Crippen molar-refractivity contribution < 1.29 is 23.9 Å². The third-order valence-electron chi connectivity index (χ3n) is 2.79. The maximum atomic E-state index is 11.7. The summed E-state index contributed by atoms with van der Waals surface area (Å²) < 4.78 is 9.92. The molecule has 21 heavy (non-hydrogen) atoms. The maximum Gasteiger partial charge on any atom is 0.350 e. The van der Waals surface area contributed by atoms with Crippen LogP contribution in [0.3, 0.4) is 0 Å². The third-order valence-corrected chi connectivity index (χ3v) is 2.79. The largest absolute Gasteiger partial charge is 0.419 e. The Balaban J connectivity index is 2.12. The van der Waals surface area contributed by atoms with E-state index in [4.69, 9.17) is 9.47 Å². The van der Waals surface area contributed by atoms with Gasteiger partial charge in [-0.15, -0.1) is 0 Å². The lowest BCUT2D eigenvalue weighted by Gasteiger charge is -2.29. The number of cyclic esters (lactones) is 2. The van der Waals surface area contributed by atoms with Crippen molar-refractivity contribution in [3.63, 3.8) is 0 Å². The van der Waals surface area contributed by atoms with E-state index >= 15 is 0 Å². The van der Waals surface area contributed by atoms with Gasteiger partial charge in [0.25, 0.3) is 5.79 Å². The predicted molar refractivity (Wildman–Crippen MR) is 74.4 cm³/mol. The van der Waals surface area contributed by atoms with Crippen LogP contribution in [0, 0.1) is 0 Å². The summed E-state index contributed by atoms with van der Waals surface area (Å²) in [6.45, 7) is 4.43. The minimum Gasteiger partial charge on any atom is -0.419 e. The van der Waals surface area contributed by atoms with Gasteiger partial charge in [0.15, 0.2) is 11.4 Å². The highest BCUT2D eigenvalue weighted by Crippen LogP contribution is 2.22. The minimum atomic E-state index is -1.26. The van der Waals surface area contributed by atoms with E-state index in [1.54, 1.807) is 24.3 Å². The first kappa shape index (κ1) is 14.8. The van der Waals surface area contributed by atoms with Gasteiger partial charge in [-0.25, -0.2) is 9.59 Å². The topological polar surface area (TPSA) is 81.7 Å². The van der Waals surface area contributed by atoms with Crippen LogP contribution in [-0.2, 0) is 19.1 Å². The highest BCUT2D eigenvalue weighted by atomic mass is 16.7. The number of ether oxygens (including phenoxy) is 2. The average molecular weight is 289 g/mol. The van der Waals surface area contributed by atoms with E-state index in [0.717, 1.165) is 0 Å². The Morgan fingerprint density at radius 2 is 1.62 bits per heavy atom. The number of hydrogen-bond donors (Lipinski definition) is 1. The van der Waals surface area contributed by atoms with Gasteiger partial charge in [-0.1, -0.05) is 0 Å². The molecule has 2 rings (SSSR count). The molecule has 0 aliphatic carbocycles. The monoisotopic (exact) mass is 289 g/mol. The molecule has 1 fully saturated rings. The van der Waals surface area contributed by atoms with Crippen molar-refractivity contribution in [1.82, 2.24) is 0 Å². The van der Waals surface area contributed by atoms with Gasteiger partial charge >= 0.3 is 11.9 Å². The second-order valence-electron chi connectivity index (χ2n) is 5.01. The van der Waals surface area contributed by atoms with Crippen molar-refractivity contribution >= 4 is 23.4 Å². The van der Waals surface area contributed by atoms with Gasteiger partial charge in [-0.2, -0.15) is 0 Å². The predicted octanol–water partition coefficient (Wildman–Crippen LogP) is 2.02. The molecule has 1 aliphatic rings. The molecule has 0 saturated carbocycles. The van der Waals surface area contributed by atoms with E-state index in [1.165, 1.54) is 27.0 Å². The fourth-order valence-electron chi connectivity index (χ4n) is 1.74. The van der Waals surface area contributed by atoms with E-state index < -0.39 is 17.7 Å². The Bertz CT molecular complexity index is 606. The molecule has 6 nitrogen and oxygen atoms in total. The zero-order chi connectivity index (χ0) is 15.6. The molecule has 1 aliphatic heterocycles. The molecule has 0 aromatic heterocycles. The Morgan fingerprint density at radius 1 is 1.10 bits per heavy atom. The number of carbonyl (C=O) groups is 3. The highest BCUT2D eigenvalue weighted by molar-refractivity contribution is 6.15. The fraction of sp³-hybridized carbons (Fsp3) is 0.267. The Hall–Kier alpha value is -2.63. The van der Waals surface area contributed by atoms with Crippen molar-refractivity contribution in [2.45, 2.75) is 26.6 Å². The zero-order valence-corrected chi connectivity index (χ0v) is 11.9. The number of anilines is 1. The van der Waals surface area contributed by atoms with Gasteiger partial charge in [0, 0.05) is 31.3 Å². The fourth-order valence-corrected chi connectivity index (χ4v) is 1.74. The first-order valence-corrected chi connectivity index (χ1v) is 6.33. The van der Waals surface area contributed by atoms with E-state index in [0.29, 0.717) is 11.3 Å². The average Bonchev–Trinajstić information content (AvgIpc) is 2.36. The van der Waals surface area contributed by atoms with Crippen LogP contribution in [0.25, 0.3) is 0 Å². The summed E-state index contributed by atoms with van der Waals surface area (Å²) in [6, 6.07) is 6.61. The Morgan fingerprint density at radius 3 is 2.10 bits per heavy atom. The Kier molecular flexibility index (Phi) is 3.80. The van der Waals surface area contributed by atoms with Gasteiger partial charge in [0.05, 0.1) is 0 Å². The lowest BCUT2D eigenvalue weighted by Crippen LogP contribution is -2.42. The SMILES string of the molecule is CC(=O)c1ccc(NC=C2C(=O)OC(C)(C)OC2=O)cc1. The molecule has 110 valence electrons. The van der Waals surface area contributed by atoms with Crippen LogP contribution in [0.1, 0.15) is 31.1 Å². The first-order valence-electron chi connectivity index (χ1n) is 6.33. The number of nitrogens with one attached hydrogen (secondary N) is 1. The summed E-state index contributed by atoms with van der Waals surface area (Å²) in [6.07, 6.45) is 1.22. The summed E-state index contributed by atoms with van der Waals surface area (Å²) >= 11 is 0. The number of hydrogen-bond acceptors (Lipinski definition) is 6. The summed E-state index contributed by atoms with van der Waals surface area (Å²) in [5.41, 5.74) is 0.981. The molecule has 1 heterocycles. The smallest absolute Gasteiger partial charge is 0.350 e. The summed E-state index contributed by atoms with van der Waals surface area (Å²) in [7, 11) is 0. The third kappa shape index (κ3) is 3.47. The second kappa shape index (κ2) is 5.40. The zero-order valence-electron chi connectivity index (χ0n) is 11.9. The molecule has 1 aromatic rings. The number of benzene rings is 1. The molecule has 0 amide bonds. The van der Waals surface area contributed by atoms with E-state index in [2.05, 4.69) is 5.32 Å². The van der Waals surface area contributed by atoms with Crippen LogP contribution in [0.15, 0.2) is 36.0 Å². The van der Waals surface area contributed by atoms with Gasteiger partial charge in [0.1, 0.15) is 0 Å². The Labute approximate surface area is 121 Å². The van der Waals surface area contributed by atoms with Gasteiger partial charge < -0.3 is 14.8 Å². The lowest BCUT2D eigenvalue weighted by atomic mass is 10.1. The highest BCUT2D eigenvalue weighted by Gasteiger charge is 2.38. The number of Topliss-reactive ketones (excluding diaryl/α,β-unsaturated/α-hetero) is 1.